The summed E-state index contributed by atoms with van der Waals surface area (Å²) in [5.41, 5.74) is 0.335. The number of nitro benzene ring substituents is 1. The lowest BCUT2D eigenvalue weighted by Crippen LogP contribution is -2.18. The van der Waals surface area contributed by atoms with Gasteiger partial charge in [0.05, 0.1) is 4.92 Å². The predicted octanol–water partition coefficient (Wildman–Crippen LogP) is 1.96. The van der Waals surface area contributed by atoms with Crippen molar-refractivity contribution in [3.05, 3.63) is 34.4 Å². The maximum atomic E-state index is 11.4. The van der Waals surface area contributed by atoms with Crippen molar-refractivity contribution in [2.24, 2.45) is 0 Å². The minimum Gasteiger partial charge on any atom is -0.372 e. The van der Waals surface area contributed by atoms with Gasteiger partial charge in [0.15, 0.2) is 0 Å². The Balaban J connectivity index is 2.53. The quantitative estimate of drug-likeness (QED) is 0.466. The van der Waals surface area contributed by atoms with Crippen LogP contribution in [0, 0.1) is 10.1 Å². The third-order valence-corrected chi connectivity index (χ3v) is 1.92. The van der Waals surface area contributed by atoms with Crippen molar-refractivity contribution in [3.63, 3.8) is 0 Å². The van der Waals surface area contributed by atoms with Gasteiger partial charge >= 0.3 is 0 Å². The number of carbonyl (C=O) groups is 1. The van der Waals surface area contributed by atoms with Crippen molar-refractivity contribution in [1.82, 2.24) is 0 Å². The van der Waals surface area contributed by atoms with Crippen molar-refractivity contribution in [3.8, 4) is 0 Å². The van der Waals surface area contributed by atoms with Gasteiger partial charge in [-0.3, -0.25) is 14.9 Å². The van der Waals surface area contributed by atoms with E-state index >= 15 is 0 Å². The second kappa shape index (κ2) is 6.59. The third kappa shape index (κ3) is 4.60. The number of amides is 1. The summed E-state index contributed by atoms with van der Waals surface area (Å²) in [6.45, 7) is 2.41. The standard InChI is InChI=1S/C11H14N2O4/c1-2-6-17-8-11(14)12-9-4-3-5-10(7-9)13(15)16/h3-5,7H,2,6,8H2,1H3,(H,12,14). The molecule has 0 aliphatic heterocycles. The molecule has 0 spiro atoms. The molecule has 0 saturated heterocycles. The van der Waals surface area contributed by atoms with Gasteiger partial charge in [-0.2, -0.15) is 0 Å². The molecule has 0 aliphatic carbocycles. The Morgan fingerprint density at radius 3 is 2.94 bits per heavy atom. The lowest BCUT2D eigenvalue weighted by Gasteiger charge is -2.05. The summed E-state index contributed by atoms with van der Waals surface area (Å²) in [5.74, 6) is -0.320. The molecule has 0 heterocycles. The van der Waals surface area contributed by atoms with E-state index in [0.717, 1.165) is 6.42 Å². The molecule has 0 bridgehead atoms. The molecule has 6 heteroatoms. The maximum absolute atomic E-state index is 11.4. The van der Waals surface area contributed by atoms with Crippen molar-refractivity contribution in [2.45, 2.75) is 13.3 Å². The first-order valence-corrected chi connectivity index (χ1v) is 5.25. The molecule has 0 saturated carbocycles. The van der Waals surface area contributed by atoms with Crippen molar-refractivity contribution in [1.29, 1.82) is 0 Å². The SMILES string of the molecule is CCCOCC(=O)Nc1cccc([N+](=O)[O-])c1. The van der Waals surface area contributed by atoms with Gasteiger partial charge in [0.25, 0.3) is 5.69 Å². The fourth-order valence-corrected chi connectivity index (χ4v) is 1.20. The minimum atomic E-state index is -0.511. The number of non-ortho nitro benzene ring substituents is 1. The molecule has 1 aromatic rings. The monoisotopic (exact) mass is 238 g/mol. The van der Waals surface area contributed by atoms with Crippen LogP contribution in [0.1, 0.15) is 13.3 Å². The molecule has 0 aromatic heterocycles. The molecule has 0 atom stereocenters. The number of nitrogens with zero attached hydrogens (tertiary/aromatic N) is 1. The first-order chi connectivity index (χ1) is 8.13. The summed E-state index contributed by atoms with van der Waals surface area (Å²) < 4.78 is 5.05. The van der Waals surface area contributed by atoms with E-state index in [1.807, 2.05) is 6.92 Å². The van der Waals surface area contributed by atoms with Crippen LogP contribution >= 0.6 is 0 Å². The van der Waals surface area contributed by atoms with Crippen molar-refractivity contribution < 1.29 is 14.5 Å². The van der Waals surface area contributed by atoms with E-state index in [4.69, 9.17) is 4.74 Å². The highest BCUT2D eigenvalue weighted by Crippen LogP contribution is 2.16. The number of hydrogen-bond acceptors (Lipinski definition) is 4. The summed E-state index contributed by atoms with van der Waals surface area (Å²) in [4.78, 5) is 21.4. The summed E-state index contributed by atoms with van der Waals surface area (Å²) in [6, 6.07) is 5.77. The number of nitro groups is 1. The number of nitrogens with one attached hydrogen (secondary N) is 1. The van der Waals surface area contributed by atoms with Gasteiger partial charge in [0.2, 0.25) is 5.91 Å². The van der Waals surface area contributed by atoms with Crippen LogP contribution in [0.15, 0.2) is 24.3 Å². The number of carbonyl (C=O) groups excluding carboxylic acids is 1. The number of ether oxygens (including phenoxy) is 1. The summed E-state index contributed by atoms with van der Waals surface area (Å²) in [6.07, 6.45) is 0.837. The molecule has 1 N–H and O–H groups in total. The average Bonchev–Trinajstić information content (AvgIpc) is 2.29. The first-order valence-electron chi connectivity index (χ1n) is 5.25. The highest BCUT2D eigenvalue weighted by Gasteiger charge is 2.07. The van der Waals surface area contributed by atoms with Gasteiger partial charge in [0.1, 0.15) is 6.61 Å². The van der Waals surface area contributed by atoms with Crippen LogP contribution in [0.25, 0.3) is 0 Å². The molecular formula is C11H14N2O4. The Labute approximate surface area is 98.7 Å². The highest BCUT2D eigenvalue weighted by molar-refractivity contribution is 5.91. The molecular weight excluding hydrogens is 224 g/mol. The molecule has 0 aliphatic rings. The first kappa shape index (κ1) is 13.1. The number of rotatable bonds is 6. The van der Waals surface area contributed by atoms with Crippen molar-refractivity contribution >= 4 is 17.3 Å². The zero-order chi connectivity index (χ0) is 12.7. The maximum Gasteiger partial charge on any atom is 0.271 e. The fraction of sp³-hybridized carbons (Fsp3) is 0.364. The molecule has 1 amide bonds. The van der Waals surface area contributed by atoms with Crippen LogP contribution < -0.4 is 5.32 Å². The summed E-state index contributed by atoms with van der Waals surface area (Å²) >= 11 is 0. The zero-order valence-electron chi connectivity index (χ0n) is 9.51. The molecule has 1 aromatic carbocycles. The fourth-order valence-electron chi connectivity index (χ4n) is 1.20. The number of anilines is 1. The van der Waals surface area contributed by atoms with Gasteiger partial charge in [-0.25, -0.2) is 0 Å². The molecule has 0 radical (unpaired) electrons. The van der Waals surface area contributed by atoms with Crippen LogP contribution in [0.2, 0.25) is 0 Å². The zero-order valence-corrected chi connectivity index (χ0v) is 9.51. The van der Waals surface area contributed by atoms with E-state index in [1.54, 1.807) is 6.07 Å². The normalized spacial score (nSPS) is 9.94. The summed E-state index contributed by atoms with van der Waals surface area (Å²) in [5, 5.41) is 13.0. The smallest absolute Gasteiger partial charge is 0.271 e. The molecule has 17 heavy (non-hydrogen) atoms. The molecule has 1 rings (SSSR count). The van der Waals surface area contributed by atoms with Gasteiger partial charge in [-0.1, -0.05) is 13.0 Å². The van der Waals surface area contributed by atoms with Gasteiger partial charge in [-0.15, -0.1) is 0 Å². The largest absolute Gasteiger partial charge is 0.372 e. The van der Waals surface area contributed by atoms with Crippen LogP contribution in [0.4, 0.5) is 11.4 Å². The minimum absolute atomic E-state index is 0.0451. The van der Waals surface area contributed by atoms with Crippen LogP contribution in [0.5, 0.6) is 0 Å². The van der Waals surface area contributed by atoms with Crippen LogP contribution in [-0.2, 0) is 9.53 Å². The predicted molar refractivity (Wildman–Crippen MR) is 62.8 cm³/mol. The molecule has 0 unspecified atom stereocenters. The second-order valence-corrected chi connectivity index (χ2v) is 3.41. The van der Waals surface area contributed by atoms with Gasteiger partial charge in [-0.05, 0) is 12.5 Å². The Hall–Kier alpha value is -1.95. The van der Waals surface area contributed by atoms with E-state index in [0.29, 0.717) is 12.3 Å². The van der Waals surface area contributed by atoms with Gasteiger partial charge < -0.3 is 10.1 Å². The van der Waals surface area contributed by atoms with Crippen LogP contribution in [-0.4, -0.2) is 24.0 Å². The van der Waals surface area contributed by atoms with E-state index < -0.39 is 4.92 Å². The Kier molecular flexibility index (Phi) is 5.09. The van der Waals surface area contributed by atoms with Gasteiger partial charge in [0, 0.05) is 24.4 Å². The lowest BCUT2D eigenvalue weighted by molar-refractivity contribution is -0.384. The summed E-state index contributed by atoms with van der Waals surface area (Å²) in [7, 11) is 0. The molecule has 6 nitrogen and oxygen atoms in total. The molecule has 92 valence electrons. The van der Waals surface area contributed by atoms with E-state index in [2.05, 4.69) is 5.32 Å². The lowest BCUT2D eigenvalue weighted by atomic mass is 10.3. The highest BCUT2D eigenvalue weighted by atomic mass is 16.6. The Morgan fingerprint density at radius 1 is 1.53 bits per heavy atom. The van der Waals surface area contributed by atoms with E-state index in [1.165, 1.54) is 18.2 Å². The number of hydrogen-bond donors (Lipinski definition) is 1. The Bertz CT molecular complexity index is 406. The van der Waals surface area contributed by atoms with Crippen molar-refractivity contribution in [2.75, 3.05) is 18.5 Å². The molecule has 0 fully saturated rings. The Morgan fingerprint density at radius 2 is 2.29 bits per heavy atom. The number of benzene rings is 1. The second-order valence-electron chi connectivity index (χ2n) is 3.41. The average molecular weight is 238 g/mol. The topological polar surface area (TPSA) is 81.5 Å². The van der Waals surface area contributed by atoms with E-state index in [9.17, 15) is 14.9 Å². The third-order valence-electron chi connectivity index (χ3n) is 1.92. The van der Waals surface area contributed by atoms with Crippen LogP contribution in [0.3, 0.4) is 0 Å². The van der Waals surface area contributed by atoms with E-state index in [-0.39, 0.29) is 18.2 Å².